The van der Waals surface area contributed by atoms with Crippen molar-refractivity contribution in [1.29, 1.82) is 5.26 Å². The summed E-state index contributed by atoms with van der Waals surface area (Å²) in [4.78, 5) is 11.8. The van der Waals surface area contributed by atoms with Crippen LogP contribution in [-0.2, 0) is 0 Å². The van der Waals surface area contributed by atoms with E-state index in [4.69, 9.17) is 5.26 Å². The maximum absolute atomic E-state index is 13.1. The number of benzene rings is 2. The predicted octanol–water partition coefficient (Wildman–Crippen LogP) is 3.65. The van der Waals surface area contributed by atoms with Crippen LogP contribution in [0.25, 0.3) is 0 Å². The van der Waals surface area contributed by atoms with Gasteiger partial charge < -0.3 is 10.6 Å². The average Bonchev–Trinajstić information content (AvgIpc) is 2.41. The Morgan fingerprint density at radius 3 is 2.50 bits per heavy atom. The third kappa shape index (κ3) is 3.33. The Balaban J connectivity index is 2.07. The van der Waals surface area contributed by atoms with Gasteiger partial charge in [-0.3, -0.25) is 0 Å². The van der Waals surface area contributed by atoms with E-state index in [9.17, 15) is 9.18 Å². The molecule has 2 N–H and O–H groups in total. The number of nitrogens with one attached hydrogen (secondary N) is 2. The Morgan fingerprint density at radius 1 is 1.15 bits per heavy atom. The quantitative estimate of drug-likeness (QED) is 0.874. The first-order valence-corrected chi connectivity index (χ1v) is 5.93. The van der Waals surface area contributed by atoms with Crippen molar-refractivity contribution < 1.29 is 9.18 Å². The highest BCUT2D eigenvalue weighted by molar-refractivity contribution is 5.99. The summed E-state index contributed by atoms with van der Waals surface area (Å²) in [5.74, 6) is -0.614. The summed E-state index contributed by atoms with van der Waals surface area (Å²) in [6, 6.07) is 12.4. The Labute approximate surface area is 115 Å². The van der Waals surface area contributed by atoms with E-state index in [1.54, 1.807) is 12.1 Å². The number of anilines is 2. The largest absolute Gasteiger partial charge is 0.323 e. The van der Waals surface area contributed by atoms with Crippen LogP contribution in [-0.4, -0.2) is 6.03 Å². The highest BCUT2D eigenvalue weighted by Crippen LogP contribution is 2.15. The fourth-order valence-electron chi connectivity index (χ4n) is 1.70. The van der Waals surface area contributed by atoms with Crippen LogP contribution in [0.3, 0.4) is 0 Å². The molecule has 0 spiro atoms. The zero-order chi connectivity index (χ0) is 14.5. The van der Waals surface area contributed by atoms with E-state index in [-0.39, 0.29) is 5.56 Å². The van der Waals surface area contributed by atoms with Gasteiger partial charge in [0.05, 0.1) is 5.56 Å². The molecule has 2 amide bonds. The first-order chi connectivity index (χ1) is 9.58. The zero-order valence-corrected chi connectivity index (χ0v) is 10.8. The number of hydrogen-bond donors (Lipinski definition) is 2. The smallest absolute Gasteiger partial charge is 0.308 e. The molecule has 0 atom stereocenters. The van der Waals surface area contributed by atoms with Crippen LogP contribution < -0.4 is 10.6 Å². The summed E-state index contributed by atoms with van der Waals surface area (Å²) in [5, 5.41) is 13.9. The predicted molar refractivity (Wildman–Crippen MR) is 74.9 cm³/mol. The van der Waals surface area contributed by atoms with Gasteiger partial charge in [0.2, 0.25) is 0 Å². The monoisotopic (exact) mass is 269 g/mol. The van der Waals surface area contributed by atoms with E-state index in [0.717, 1.165) is 11.6 Å². The summed E-state index contributed by atoms with van der Waals surface area (Å²) in [6.45, 7) is 1.92. The van der Waals surface area contributed by atoms with E-state index in [0.29, 0.717) is 11.4 Å². The number of nitriles is 1. The molecule has 0 aliphatic rings. The first-order valence-electron chi connectivity index (χ1n) is 5.93. The maximum atomic E-state index is 13.1. The Bertz CT molecular complexity index is 692. The van der Waals surface area contributed by atoms with Gasteiger partial charge in [-0.15, -0.1) is 0 Å². The number of urea groups is 1. The van der Waals surface area contributed by atoms with Crippen molar-refractivity contribution in [3.8, 4) is 6.07 Å². The lowest BCUT2D eigenvalue weighted by Gasteiger charge is -2.08. The van der Waals surface area contributed by atoms with Gasteiger partial charge in [-0.05, 0) is 42.8 Å². The third-order valence-electron chi connectivity index (χ3n) is 2.62. The third-order valence-corrected chi connectivity index (χ3v) is 2.62. The second-order valence-electron chi connectivity index (χ2n) is 4.26. The van der Waals surface area contributed by atoms with Gasteiger partial charge in [0.1, 0.15) is 11.9 Å². The molecule has 0 fully saturated rings. The van der Waals surface area contributed by atoms with Crippen molar-refractivity contribution in [3.05, 3.63) is 59.4 Å². The fourth-order valence-corrected chi connectivity index (χ4v) is 1.70. The molecule has 20 heavy (non-hydrogen) atoms. The van der Waals surface area contributed by atoms with Crippen molar-refractivity contribution in [2.45, 2.75) is 6.92 Å². The van der Waals surface area contributed by atoms with Gasteiger partial charge in [0.25, 0.3) is 0 Å². The molecule has 2 aromatic carbocycles. The highest BCUT2D eigenvalue weighted by atomic mass is 19.1. The molecule has 100 valence electrons. The number of nitrogens with zero attached hydrogens (tertiary/aromatic N) is 1. The van der Waals surface area contributed by atoms with Crippen LogP contribution in [0.5, 0.6) is 0 Å². The number of carbonyl (C=O) groups is 1. The van der Waals surface area contributed by atoms with Gasteiger partial charge in [-0.1, -0.05) is 12.1 Å². The van der Waals surface area contributed by atoms with Crippen LogP contribution in [0.4, 0.5) is 20.6 Å². The van der Waals surface area contributed by atoms with Crippen molar-refractivity contribution in [1.82, 2.24) is 0 Å². The minimum absolute atomic E-state index is 0.113. The number of aryl methyl sites for hydroxylation is 1. The number of amides is 2. The molecule has 2 rings (SSSR count). The van der Waals surface area contributed by atoms with E-state index >= 15 is 0 Å². The van der Waals surface area contributed by atoms with Gasteiger partial charge >= 0.3 is 6.03 Å². The SMILES string of the molecule is Cc1cccc(NC(=O)Nc2ccc(F)c(C#N)c2)c1. The minimum atomic E-state index is -0.614. The summed E-state index contributed by atoms with van der Waals surface area (Å²) in [5.41, 5.74) is 1.92. The number of halogens is 1. The molecule has 0 heterocycles. The zero-order valence-electron chi connectivity index (χ0n) is 10.8. The number of hydrogen-bond acceptors (Lipinski definition) is 2. The topological polar surface area (TPSA) is 64.9 Å². The van der Waals surface area contributed by atoms with E-state index in [2.05, 4.69) is 10.6 Å². The highest BCUT2D eigenvalue weighted by Gasteiger charge is 2.06. The van der Waals surface area contributed by atoms with E-state index in [1.807, 2.05) is 25.1 Å². The van der Waals surface area contributed by atoms with Crippen LogP contribution in [0.2, 0.25) is 0 Å². The van der Waals surface area contributed by atoms with Crippen molar-refractivity contribution in [3.63, 3.8) is 0 Å². The molecule has 5 heteroatoms. The summed E-state index contributed by atoms with van der Waals surface area (Å²) < 4.78 is 13.1. The van der Waals surface area contributed by atoms with Gasteiger partial charge in [0.15, 0.2) is 0 Å². The van der Waals surface area contributed by atoms with Crippen LogP contribution in [0, 0.1) is 24.1 Å². The lowest BCUT2D eigenvalue weighted by Crippen LogP contribution is -2.19. The Hall–Kier alpha value is -2.87. The normalized spacial score (nSPS) is 9.65. The Morgan fingerprint density at radius 2 is 1.85 bits per heavy atom. The van der Waals surface area contributed by atoms with Gasteiger partial charge in [-0.2, -0.15) is 5.26 Å². The first kappa shape index (κ1) is 13.6. The van der Waals surface area contributed by atoms with Crippen molar-refractivity contribution in [2.24, 2.45) is 0 Å². The van der Waals surface area contributed by atoms with Crippen LogP contribution in [0.1, 0.15) is 11.1 Å². The molecule has 0 aromatic heterocycles. The number of rotatable bonds is 2. The molecule has 2 aromatic rings. The summed E-state index contributed by atoms with van der Waals surface area (Å²) in [7, 11) is 0. The fraction of sp³-hybridized carbons (Fsp3) is 0.0667. The molecule has 0 aliphatic heterocycles. The minimum Gasteiger partial charge on any atom is -0.308 e. The summed E-state index contributed by atoms with van der Waals surface area (Å²) >= 11 is 0. The molecule has 0 unspecified atom stereocenters. The molecule has 0 saturated heterocycles. The summed E-state index contributed by atoms with van der Waals surface area (Å²) in [6.07, 6.45) is 0. The standard InChI is InChI=1S/C15H12FN3O/c1-10-3-2-4-12(7-10)18-15(20)19-13-5-6-14(16)11(8-13)9-17/h2-8H,1H3,(H2,18,19,20). The van der Waals surface area contributed by atoms with Gasteiger partial charge in [-0.25, -0.2) is 9.18 Å². The van der Waals surface area contributed by atoms with Crippen LogP contribution in [0.15, 0.2) is 42.5 Å². The lowest BCUT2D eigenvalue weighted by atomic mass is 10.2. The Kier molecular flexibility index (Phi) is 3.96. The van der Waals surface area contributed by atoms with E-state index in [1.165, 1.54) is 12.1 Å². The van der Waals surface area contributed by atoms with Crippen molar-refractivity contribution >= 4 is 17.4 Å². The molecular weight excluding hydrogens is 257 g/mol. The molecule has 0 radical (unpaired) electrons. The molecular formula is C15H12FN3O. The maximum Gasteiger partial charge on any atom is 0.323 e. The number of carbonyl (C=O) groups excluding carboxylic acids is 1. The molecule has 0 saturated carbocycles. The molecule has 4 nitrogen and oxygen atoms in total. The molecule has 0 aliphatic carbocycles. The molecule has 0 bridgehead atoms. The lowest BCUT2D eigenvalue weighted by molar-refractivity contribution is 0.262. The van der Waals surface area contributed by atoms with E-state index < -0.39 is 11.8 Å². The van der Waals surface area contributed by atoms with Crippen molar-refractivity contribution in [2.75, 3.05) is 10.6 Å². The van der Waals surface area contributed by atoms with Crippen LogP contribution >= 0.6 is 0 Å². The second-order valence-corrected chi connectivity index (χ2v) is 4.26. The average molecular weight is 269 g/mol. The van der Waals surface area contributed by atoms with Gasteiger partial charge in [0, 0.05) is 11.4 Å². The second kappa shape index (κ2) is 5.85.